The minimum atomic E-state index is -4.79. The third-order valence-electron chi connectivity index (χ3n) is 4.41. The molecular formula is C20H19F3N2O4. The van der Waals surface area contributed by atoms with Crippen LogP contribution in [0.2, 0.25) is 0 Å². The number of rotatable bonds is 6. The van der Waals surface area contributed by atoms with Crippen molar-refractivity contribution in [1.29, 1.82) is 0 Å². The Balaban J connectivity index is 1.71. The van der Waals surface area contributed by atoms with E-state index in [1.54, 1.807) is 30.2 Å². The van der Waals surface area contributed by atoms with Gasteiger partial charge in [-0.2, -0.15) is 0 Å². The first-order chi connectivity index (χ1) is 13.8. The Labute approximate surface area is 165 Å². The van der Waals surface area contributed by atoms with Gasteiger partial charge in [-0.15, -0.1) is 13.2 Å². The monoisotopic (exact) mass is 408 g/mol. The molecule has 0 spiro atoms. The summed E-state index contributed by atoms with van der Waals surface area (Å²) in [5.41, 5.74) is 2.43. The summed E-state index contributed by atoms with van der Waals surface area (Å²) in [5, 5.41) is 2.72. The quantitative estimate of drug-likeness (QED) is 0.790. The first-order valence-electron chi connectivity index (χ1n) is 8.86. The van der Waals surface area contributed by atoms with Crippen molar-refractivity contribution in [2.45, 2.75) is 19.2 Å². The van der Waals surface area contributed by atoms with Gasteiger partial charge < -0.3 is 19.7 Å². The van der Waals surface area contributed by atoms with E-state index in [1.807, 2.05) is 0 Å². The van der Waals surface area contributed by atoms with Crippen molar-refractivity contribution in [3.05, 3.63) is 53.6 Å². The number of hydrogen-bond donors (Lipinski definition) is 1. The van der Waals surface area contributed by atoms with Crippen molar-refractivity contribution in [2.24, 2.45) is 0 Å². The van der Waals surface area contributed by atoms with Crippen LogP contribution < -0.4 is 15.0 Å². The summed E-state index contributed by atoms with van der Waals surface area (Å²) in [4.78, 5) is 26.2. The molecule has 2 aromatic carbocycles. The predicted molar refractivity (Wildman–Crippen MR) is 100 cm³/mol. The molecule has 0 radical (unpaired) electrons. The maximum absolute atomic E-state index is 12.4. The highest BCUT2D eigenvalue weighted by atomic mass is 19.4. The van der Waals surface area contributed by atoms with E-state index in [1.165, 1.54) is 12.1 Å². The van der Waals surface area contributed by atoms with E-state index >= 15 is 0 Å². The molecule has 6 nitrogen and oxygen atoms in total. The Bertz CT molecular complexity index is 898. The minimum absolute atomic E-state index is 0.0208. The number of anilines is 2. The first kappa shape index (κ1) is 20.7. The van der Waals surface area contributed by atoms with Gasteiger partial charge in [0.2, 0.25) is 5.91 Å². The van der Waals surface area contributed by atoms with Crippen molar-refractivity contribution in [3.8, 4) is 5.75 Å². The van der Waals surface area contributed by atoms with E-state index in [2.05, 4.69) is 10.1 Å². The lowest BCUT2D eigenvalue weighted by Gasteiger charge is -2.29. The van der Waals surface area contributed by atoms with Crippen LogP contribution in [0.5, 0.6) is 5.75 Å². The van der Waals surface area contributed by atoms with Gasteiger partial charge in [0, 0.05) is 37.0 Å². The smallest absolute Gasteiger partial charge is 0.406 e. The molecule has 1 aliphatic rings. The molecular weight excluding hydrogens is 389 g/mol. The van der Waals surface area contributed by atoms with Crippen LogP contribution in [-0.4, -0.2) is 38.4 Å². The molecule has 0 saturated heterocycles. The Morgan fingerprint density at radius 1 is 1.14 bits per heavy atom. The predicted octanol–water partition coefficient (Wildman–Crippen LogP) is 3.76. The fourth-order valence-corrected chi connectivity index (χ4v) is 3.08. The Morgan fingerprint density at radius 2 is 1.86 bits per heavy atom. The average Bonchev–Trinajstić information content (AvgIpc) is 2.66. The molecule has 0 aliphatic carbocycles. The summed E-state index contributed by atoms with van der Waals surface area (Å²) in [6, 6.07) is 9.89. The second kappa shape index (κ2) is 8.52. The highest BCUT2D eigenvalue weighted by Gasteiger charge is 2.31. The lowest BCUT2D eigenvalue weighted by atomic mass is 10.0. The van der Waals surface area contributed by atoms with Gasteiger partial charge in [0.25, 0.3) is 5.91 Å². The van der Waals surface area contributed by atoms with Gasteiger partial charge in [0.1, 0.15) is 5.75 Å². The van der Waals surface area contributed by atoms with E-state index < -0.39 is 18.0 Å². The molecule has 154 valence electrons. The minimum Gasteiger partial charge on any atom is -0.406 e. The third-order valence-corrected chi connectivity index (χ3v) is 4.41. The van der Waals surface area contributed by atoms with Gasteiger partial charge in [-0.1, -0.05) is 0 Å². The van der Waals surface area contributed by atoms with E-state index in [0.717, 1.165) is 23.4 Å². The van der Waals surface area contributed by atoms with Crippen molar-refractivity contribution < 1.29 is 32.2 Å². The molecule has 0 atom stereocenters. The van der Waals surface area contributed by atoms with Crippen LogP contribution in [0.4, 0.5) is 24.5 Å². The lowest BCUT2D eigenvalue weighted by molar-refractivity contribution is -0.274. The number of amides is 2. The molecule has 0 bridgehead atoms. The molecule has 9 heteroatoms. The fourth-order valence-electron chi connectivity index (χ4n) is 3.08. The molecule has 0 saturated carbocycles. The average molecular weight is 408 g/mol. The van der Waals surface area contributed by atoms with Gasteiger partial charge in [-0.3, -0.25) is 9.59 Å². The molecule has 2 aromatic rings. The number of carbonyl (C=O) groups is 2. The summed E-state index contributed by atoms with van der Waals surface area (Å²) in [6.07, 6.45) is -3.86. The molecule has 1 heterocycles. The van der Waals surface area contributed by atoms with Crippen LogP contribution in [-0.2, 0) is 16.0 Å². The highest BCUT2D eigenvalue weighted by Crippen LogP contribution is 2.30. The molecule has 0 fully saturated rings. The van der Waals surface area contributed by atoms with Crippen LogP contribution in [0.15, 0.2) is 42.5 Å². The summed E-state index contributed by atoms with van der Waals surface area (Å²) in [6.45, 7) is 0.859. The highest BCUT2D eigenvalue weighted by molar-refractivity contribution is 6.05. The van der Waals surface area contributed by atoms with Crippen LogP contribution in [0.25, 0.3) is 0 Å². The molecule has 1 aliphatic heterocycles. The van der Waals surface area contributed by atoms with Gasteiger partial charge in [0.05, 0.1) is 6.61 Å². The van der Waals surface area contributed by atoms with Crippen molar-refractivity contribution in [2.75, 3.05) is 30.5 Å². The number of benzene rings is 2. The van der Waals surface area contributed by atoms with Crippen molar-refractivity contribution in [3.63, 3.8) is 0 Å². The molecule has 2 amide bonds. The number of fused-ring (bicyclic) bond motifs is 1. The van der Waals surface area contributed by atoms with Gasteiger partial charge in [-0.05, 0) is 54.4 Å². The Morgan fingerprint density at radius 3 is 2.52 bits per heavy atom. The second-order valence-electron chi connectivity index (χ2n) is 6.41. The number of methoxy groups -OCH3 is 1. The van der Waals surface area contributed by atoms with Crippen LogP contribution >= 0.6 is 0 Å². The molecule has 0 aromatic heterocycles. The standard InChI is InChI=1S/C20H19F3N2O4/c1-28-11-10-25-17-8-5-15(12-14(17)4-9-18(25)26)24-19(27)13-2-6-16(7-3-13)29-20(21,22)23/h2-3,5-8,12H,4,9-11H2,1H3,(H,24,27). The van der Waals surface area contributed by atoms with Crippen LogP contribution in [0.3, 0.4) is 0 Å². The zero-order chi connectivity index (χ0) is 21.0. The molecule has 29 heavy (non-hydrogen) atoms. The number of nitrogens with zero attached hydrogens (tertiary/aromatic N) is 1. The van der Waals surface area contributed by atoms with Crippen LogP contribution in [0, 0.1) is 0 Å². The molecule has 1 N–H and O–H groups in total. The number of ether oxygens (including phenoxy) is 2. The molecule has 3 rings (SSSR count). The SMILES string of the molecule is COCCN1C(=O)CCc2cc(NC(=O)c3ccc(OC(F)(F)F)cc3)ccc21. The van der Waals surface area contributed by atoms with Crippen molar-refractivity contribution in [1.82, 2.24) is 0 Å². The number of aryl methyl sites for hydroxylation is 1. The van der Waals surface area contributed by atoms with Gasteiger partial charge in [-0.25, -0.2) is 0 Å². The van der Waals surface area contributed by atoms with E-state index in [-0.39, 0.29) is 11.5 Å². The first-order valence-corrected chi connectivity index (χ1v) is 8.86. The van der Waals surface area contributed by atoms with Gasteiger partial charge >= 0.3 is 6.36 Å². The van der Waals surface area contributed by atoms with E-state index in [0.29, 0.717) is 31.7 Å². The zero-order valence-electron chi connectivity index (χ0n) is 15.6. The molecule has 0 unspecified atom stereocenters. The fraction of sp³-hybridized carbons (Fsp3) is 0.300. The topological polar surface area (TPSA) is 67.9 Å². The normalized spacial score (nSPS) is 13.8. The Hall–Kier alpha value is -3.07. The summed E-state index contributed by atoms with van der Waals surface area (Å²) in [5.74, 6) is -0.845. The second-order valence-corrected chi connectivity index (χ2v) is 6.41. The van der Waals surface area contributed by atoms with E-state index in [9.17, 15) is 22.8 Å². The van der Waals surface area contributed by atoms with Crippen molar-refractivity contribution >= 4 is 23.2 Å². The zero-order valence-corrected chi connectivity index (χ0v) is 15.6. The summed E-state index contributed by atoms with van der Waals surface area (Å²) < 4.78 is 45.5. The summed E-state index contributed by atoms with van der Waals surface area (Å²) >= 11 is 0. The number of hydrogen-bond acceptors (Lipinski definition) is 4. The Kier molecular flexibility index (Phi) is 6.07. The van der Waals surface area contributed by atoms with E-state index in [4.69, 9.17) is 4.74 Å². The van der Waals surface area contributed by atoms with Gasteiger partial charge in [0.15, 0.2) is 0 Å². The van der Waals surface area contributed by atoms with Crippen LogP contribution in [0.1, 0.15) is 22.3 Å². The number of carbonyl (C=O) groups excluding carboxylic acids is 2. The maximum atomic E-state index is 12.4. The maximum Gasteiger partial charge on any atom is 0.573 e. The summed E-state index contributed by atoms with van der Waals surface area (Å²) in [7, 11) is 1.57. The largest absolute Gasteiger partial charge is 0.573 e. The number of alkyl halides is 3. The number of nitrogens with one attached hydrogen (secondary N) is 1. The number of halogens is 3. The lowest BCUT2D eigenvalue weighted by Crippen LogP contribution is -2.37. The third kappa shape index (κ3) is 5.26.